The summed E-state index contributed by atoms with van der Waals surface area (Å²) in [5.74, 6) is -1.77. The molecule has 0 radical (unpaired) electrons. The van der Waals surface area contributed by atoms with Crippen LogP contribution in [0.15, 0.2) is 48.9 Å². The number of imidazole rings is 1. The monoisotopic (exact) mass is 296 g/mol. The van der Waals surface area contributed by atoms with Crippen LogP contribution >= 0.6 is 0 Å². The maximum atomic E-state index is 13.4. The Morgan fingerprint density at radius 2 is 1.86 bits per heavy atom. The summed E-state index contributed by atoms with van der Waals surface area (Å²) in [4.78, 5) is 11.6. The second-order valence-corrected chi connectivity index (χ2v) is 4.87. The molecule has 0 amide bonds. The number of benzene rings is 2. The molecule has 0 bridgehead atoms. The molecule has 0 unspecified atom stereocenters. The molecule has 108 valence electrons. The number of rotatable bonds is 2. The molecule has 4 aromatic rings. The average molecular weight is 296 g/mol. The minimum absolute atomic E-state index is 0.461. The standard InChI is InChI=1S/C16H10F2N4/c17-10-2-1-9(7-11(10)18)22-13-5-6-19-12-3-4-14-16(15(12)13)21-8-20-14/h1-8,19,22H. The molecule has 4 rings (SSSR count). The second-order valence-electron chi connectivity index (χ2n) is 4.87. The Hall–Kier alpha value is -3.02. The van der Waals surface area contributed by atoms with Crippen molar-refractivity contribution in [2.24, 2.45) is 0 Å². The van der Waals surface area contributed by atoms with Crippen LogP contribution in [-0.4, -0.2) is 15.0 Å². The predicted molar refractivity (Wildman–Crippen MR) is 81.0 cm³/mol. The van der Waals surface area contributed by atoms with Crippen molar-refractivity contribution in [2.45, 2.75) is 0 Å². The molecule has 0 saturated carbocycles. The summed E-state index contributed by atoms with van der Waals surface area (Å²) in [5.41, 5.74) is 3.61. The zero-order chi connectivity index (χ0) is 15.1. The van der Waals surface area contributed by atoms with Crippen molar-refractivity contribution < 1.29 is 8.78 Å². The largest absolute Gasteiger partial charge is 0.361 e. The van der Waals surface area contributed by atoms with E-state index in [1.165, 1.54) is 12.4 Å². The van der Waals surface area contributed by atoms with Gasteiger partial charge in [0.25, 0.3) is 0 Å². The van der Waals surface area contributed by atoms with Crippen LogP contribution in [0, 0.1) is 11.6 Å². The number of H-pyrrole nitrogens is 1. The van der Waals surface area contributed by atoms with Gasteiger partial charge in [0.1, 0.15) is 11.8 Å². The maximum Gasteiger partial charge on any atom is 0.160 e. The van der Waals surface area contributed by atoms with Crippen molar-refractivity contribution in [3.8, 4) is 0 Å². The number of halogens is 2. The van der Waals surface area contributed by atoms with Crippen LogP contribution in [0.4, 0.5) is 20.2 Å². The third-order valence-electron chi connectivity index (χ3n) is 3.50. The van der Waals surface area contributed by atoms with Crippen LogP contribution in [0.2, 0.25) is 0 Å². The minimum atomic E-state index is -0.893. The Balaban J connectivity index is 1.90. The first-order valence-corrected chi connectivity index (χ1v) is 6.65. The quantitative estimate of drug-likeness (QED) is 0.584. The fraction of sp³-hybridized carbons (Fsp3) is 0. The molecule has 2 N–H and O–H groups in total. The SMILES string of the molecule is Fc1ccc(Nc2cc[nH]c3ccc4ncnc4c23)cc1F. The molecule has 2 aromatic carbocycles. The summed E-state index contributed by atoms with van der Waals surface area (Å²) in [6, 6.07) is 9.29. The van der Waals surface area contributed by atoms with Crippen molar-refractivity contribution in [1.82, 2.24) is 15.0 Å². The fourth-order valence-corrected chi connectivity index (χ4v) is 2.49. The first kappa shape index (κ1) is 12.7. The summed E-state index contributed by atoms with van der Waals surface area (Å²) in [7, 11) is 0. The van der Waals surface area contributed by atoms with Gasteiger partial charge in [-0.15, -0.1) is 0 Å². The van der Waals surface area contributed by atoms with Gasteiger partial charge in [0, 0.05) is 28.9 Å². The third-order valence-corrected chi connectivity index (χ3v) is 3.50. The smallest absolute Gasteiger partial charge is 0.160 e. The molecule has 2 heterocycles. The molecule has 0 saturated heterocycles. The highest BCUT2D eigenvalue weighted by Crippen LogP contribution is 2.30. The fourth-order valence-electron chi connectivity index (χ4n) is 2.49. The van der Waals surface area contributed by atoms with E-state index in [2.05, 4.69) is 20.3 Å². The lowest BCUT2D eigenvalue weighted by Gasteiger charge is -2.10. The number of nitrogens with zero attached hydrogens (tertiary/aromatic N) is 2. The predicted octanol–water partition coefficient (Wildman–Crippen LogP) is 4.13. The molecular formula is C16H10F2N4. The van der Waals surface area contributed by atoms with E-state index in [0.29, 0.717) is 5.69 Å². The summed E-state index contributed by atoms with van der Waals surface area (Å²) >= 11 is 0. The highest BCUT2D eigenvalue weighted by atomic mass is 19.2. The van der Waals surface area contributed by atoms with E-state index in [1.807, 2.05) is 18.2 Å². The molecule has 4 nitrogen and oxygen atoms in total. The number of nitrogens with one attached hydrogen (secondary N) is 2. The van der Waals surface area contributed by atoms with Crippen molar-refractivity contribution in [3.05, 3.63) is 60.6 Å². The maximum absolute atomic E-state index is 13.4. The van der Waals surface area contributed by atoms with E-state index in [-0.39, 0.29) is 0 Å². The molecule has 0 spiro atoms. The van der Waals surface area contributed by atoms with Gasteiger partial charge >= 0.3 is 0 Å². The summed E-state index contributed by atoms with van der Waals surface area (Å²) < 4.78 is 26.4. The zero-order valence-electron chi connectivity index (χ0n) is 11.3. The van der Waals surface area contributed by atoms with Crippen LogP contribution in [0.25, 0.3) is 21.9 Å². The van der Waals surface area contributed by atoms with Crippen molar-refractivity contribution in [1.29, 1.82) is 0 Å². The van der Waals surface area contributed by atoms with Crippen molar-refractivity contribution >= 4 is 33.3 Å². The molecule has 0 aliphatic rings. The first-order valence-electron chi connectivity index (χ1n) is 6.65. The van der Waals surface area contributed by atoms with Crippen LogP contribution in [-0.2, 0) is 0 Å². The molecule has 0 aliphatic carbocycles. The molecule has 2 aromatic heterocycles. The normalized spacial score (nSPS) is 11.2. The van der Waals surface area contributed by atoms with Gasteiger partial charge in [0.15, 0.2) is 11.6 Å². The molecule has 0 aliphatic heterocycles. The lowest BCUT2D eigenvalue weighted by atomic mass is 10.1. The molecule has 0 fully saturated rings. The topological polar surface area (TPSA) is 53.6 Å². The van der Waals surface area contributed by atoms with Gasteiger partial charge in [-0.1, -0.05) is 0 Å². The van der Waals surface area contributed by atoms with E-state index < -0.39 is 11.6 Å². The Morgan fingerprint density at radius 1 is 0.955 bits per heavy atom. The van der Waals surface area contributed by atoms with E-state index in [4.69, 9.17) is 0 Å². The Kier molecular flexibility index (Phi) is 2.75. The summed E-state index contributed by atoms with van der Waals surface area (Å²) in [6.45, 7) is 0. The van der Waals surface area contributed by atoms with Crippen LogP contribution in [0.3, 0.4) is 0 Å². The van der Waals surface area contributed by atoms with Gasteiger partial charge in [0.2, 0.25) is 0 Å². The first-order chi connectivity index (χ1) is 10.7. The summed E-state index contributed by atoms with van der Waals surface area (Å²) in [6.07, 6.45) is 3.27. The number of aromatic nitrogens is 3. The summed E-state index contributed by atoms with van der Waals surface area (Å²) in [5, 5.41) is 3.95. The molecule has 6 heteroatoms. The Morgan fingerprint density at radius 3 is 2.73 bits per heavy atom. The number of anilines is 2. The van der Waals surface area contributed by atoms with Gasteiger partial charge in [-0.2, -0.15) is 0 Å². The van der Waals surface area contributed by atoms with E-state index in [0.717, 1.165) is 39.8 Å². The van der Waals surface area contributed by atoms with Crippen molar-refractivity contribution in [3.63, 3.8) is 0 Å². The second kappa shape index (κ2) is 4.77. The Bertz CT molecular complexity index is 994. The number of pyridine rings is 1. The van der Waals surface area contributed by atoms with Gasteiger partial charge in [-0.05, 0) is 30.3 Å². The zero-order valence-corrected chi connectivity index (χ0v) is 11.3. The van der Waals surface area contributed by atoms with Crippen LogP contribution in [0.1, 0.15) is 0 Å². The third kappa shape index (κ3) is 1.96. The lowest BCUT2D eigenvalue weighted by Crippen LogP contribution is -1.95. The van der Waals surface area contributed by atoms with E-state index >= 15 is 0 Å². The average Bonchev–Trinajstić information content (AvgIpc) is 3.00. The van der Waals surface area contributed by atoms with Gasteiger partial charge in [-0.25, -0.2) is 18.7 Å². The minimum Gasteiger partial charge on any atom is -0.361 e. The number of aromatic amines is 1. The van der Waals surface area contributed by atoms with E-state index in [9.17, 15) is 8.78 Å². The number of hydrogen-bond donors (Lipinski definition) is 2. The van der Waals surface area contributed by atoms with Crippen molar-refractivity contribution in [2.75, 3.05) is 5.32 Å². The highest BCUT2D eigenvalue weighted by Gasteiger charge is 2.10. The molecular weight excluding hydrogens is 286 g/mol. The van der Waals surface area contributed by atoms with Gasteiger partial charge in [0.05, 0.1) is 11.2 Å². The number of hydrogen-bond acceptors (Lipinski definition) is 3. The molecule has 0 atom stereocenters. The number of fused-ring (bicyclic) bond motifs is 3. The lowest BCUT2D eigenvalue weighted by molar-refractivity contribution is 0.509. The van der Waals surface area contributed by atoms with Gasteiger partial charge in [-0.3, -0.25) is 0 Å². The Labute approximate surface area is 123 Å². The van der Waals surface area contributed by atoms with Crippen LogP contribution in [0.5, 0.6) is 0 Å². The van der Waals surface area contributed by atoms with Gasteiger partial charge < -0.3 is 10.3 Å². The van der Waals surface area contributed by atoms with E-state index in [1.54, 1.807) is 6.20 Å². The molecule has 22 heavy (non-hydrogen) atoms. The van der Waals surface area contributed by atoms with Crippen LogP contribution < -0.4 is 5.32 Å². The highest BCUT2D eigenvalue weighted by molar-refractivity contribution is 6.09.